The number of aliphatic hydroxyl groups excluding tert-OH is 2. The fourth-order valence-electron chi connectivity index (χ4n) is 7.67. The van der Waals surface area contributed by atoms with Crippen molar-refractivity contribution in [1.82, 2.24) is 5.32 Å². The Morgan fingerprint density at radius 2 is 0.887 bits per heavy atom. The molecule has 6 heteroatoms. The molecule has 6 nitrogen and oxygen atoms in total. The van der Waals surface area contributed by atoms with Gasteiger partial charge >= 0.3 is 5.97 Å². The van der Waals surface area contributed by atoms with Gasteiger partial charge in [0.05, 0.1) is 25.2 Å². The fraction of sp³-hybridized carbons (Fsp3) is 0.750. The minimum Gasteiger partial charge on any atom is -0.462 e. The summed E-state index contributed by atoms with van der Waals surface area (Å²) in [6.45, 7) is 6.32. The second-order valence-electron chi connectivity index (χ2n) is 17.7. The first-order chi connectivity index (χ1) is 30.5. The summed E-state index contributed by atoms with van der Waals surface area (Å²) >= 11 is 0. The van der Waals surface area contributed by atoms with Crippen LogP contribution >= 0.6 is 0 Å². The van der Waals surface area contributed by atoms with Crippen molar-refractivity contribution in [2.45, 2.75) is 264 Å². The lowest BCUT2D eigenvalue weighted by molar-refractivity contribution is -0.151. The summed E-state index contributed by atoms with van der Waals surface area (Å²) in [5.74, 6) is -0.568. The Morgan fingerprint density at radius 1 is 0.484 bits per heavy atom. The Labute approximate surface area is 383 Å². The molecule has 0 aliphatic rings. The van der Waals surface area contributed by atoms with E-state index in [1.165, 1.54) is 128 Å². The van der Waals surface area contributed by atoms with E-state index in [9.17, 15) is 19.8 Å². The van der Waals surface area contributed by atoms with Crippen LogP contribution in [0.4, 0.5) is 0 Å². The lowest BCUT2D eigenvalue weighted by Crippen LogP contribution is -2.46. The summed E-state index contributed by atoms with van der Waals surface area (Å²) in [6.07, 6.45) is 62.5. The van der Waals surface area contributed by atoms with E-state index in [1.54, 1.807) is 0 Å². The number of amides is 1. The Morgan fingerprint density at radius 3 is 1.37 bits per heavy atom. The molecule has 3 atom stereocenters. The Balaban J connectivity index is 4.66. The first kappa shape index (κ1) is 59.3. The number of hydrogen-bond donors (Lipinski definition) is 3. The first-order valence-corrected chi connectivity index (χ1v) is 26.2. The van der Waals surface area contributed by atoms with Crippen LogP contribution in [-0.4, -0.2) is 46.9 Å². The summed E-state index contributed by atoms with van der Waals surface area (Å²) in [4.78, 5) is 26.1. The molecule has 3 unspecified atom stereocenters. The van der Waals surface area contributed by atoms with Gasteiger partial charge in [0.25, 0.3) is 0 Å². The van der Waals surface area contributed by atoms with Crippen molar-refractivity contribution in [1.29, 1.82) is 0 Å². The predicted octanol–water partition coefficient (Wildman–Crippen LogP) is 15.8. The molecule has 0 spiro atoms. The molecule has 0 aromatic rings. The van der Waals surface area contributed by atoms with Gasteiger partial charge in [-0.3, -0.25) is 9.59 Å². The lowest BCUT2D eigenvalue weighted by Gasteiger charge is -2.24. The zero-order chi connectivity index (χ0) is 45.2. The first-order valence-electron chi connectivity index (χ1n) is 26.2. The maximum absolute atomic E-state index is 13.2. The smallest absolute Gasteiger partial charge is 0.306 e. The van der Waals surface area contributed by atoms with E-state index in [0.29, 0.717) is 19.3 Å². The number of rotatable bonds is 46. The molecule has 0 aromatic carbocycles. The van der Waals surface area contributed by atoms with E-state index in [-0.39, 0.29) is 24.9 Å². The zero-order valence-corrected chi connectivity index (χ0v) is 40.7. The quantitative estimate of drug-likeness (QED) is 0.0322. The van der Waals surface area contributed by atoms with Crippen LogP contribution in [0.2, 0.25) is 0 Å². The van der Waals surface area contributed by atoms with E-state index in [1.807, 2.05) is 30.4 Å². The minimum absolute atomic E-state index is 0.0263. The van der Waals surface area contributed by atoms with Crippen LogP contribution in [0.15, 0.2) is 72.9 Å². The van der Waals surface area contributed by atoms with Crippen LogP contribution in [0.1, 0.15) is 245 Å². The summed E-state index contributed by atoms with van der Waals surface area (Å²) in [5.41, 5.74) is 0. The van der Waals surface area contributed by atoms with E-state index in [0.717, 1.165) is 70.6 Å². The zero-order valence-electron chi connectivity index (χ0n) is 40.7. The van der Waals surface area contributed by atoms with Crippen molar-refractivity contribution in [3.05, 3.63) is 72.9 Å². The van der Waals surface area contributed by atoms with Gasteiger partial charge in [-0.1, -0.05) is 241 Å². The normalized spacial score (nSPS) is 13.8. The largest absolute Gasteiger partial charge is 0.462 e. The van der Waals surface area contributed by atoms with Gasteiger partial charge in [-0.05, 0) is 64.2 Å². The van der Waals surface area contributed by atoms with Crippen LogP contribution in [0.25, 0.3) is 0 Å². The maximum Gasteiger partial charge on any atom is 0.306 e. The fourth-order valence-corrected chi connectivity index (χ4v) is 7.67. The van der Waals surface area contributed by atoms with Gasteiger partial charge in [0.2, 0.25) is 5.91 Å². The number of aliphatic hydroxyl groups is 2. The number of nitrogens with one attached hydrogen (secondary N) is 1. The van der Waals surface area contributed by atoms with Crippen molar-refractivity contribution in [3.8, 4) is 0 Å². The summed E-state index contributed by atoms with van der Waals surface area (Å²) < 4.78 is 5.88. The van der Waals surface area contributed by atoms with Gasteiger partial charge in [0.15, 0.2) is 0 Å². The Hall–Kier alpha value is -2.70. The van der Waals surface area contributed by atoms with E-state index in [2.05, 4.69) is 68.6 Å². The van der Waals surface area contributed by atoms with Gasteiger partial charge < -0.3 is 20.3 Å². The molecule has 0 saturated carbocycles. The Kier molecular flexibility index (Phi) is 47.2. The number of ether oxygens (including phenoxy) is 1. The molecule has 0 aliphatic heterocycles. The standard InChI is InChI=1S/C56H99NO5/c1-4-7-10-13-16-19-22-25-27-28-31-33-36-39-42-45-48-54(59)53(51-58)57-55(60)50-52(47-44-41-38-35-32-30-26-23-20-17-14-11-8-5-2)62-56(61)49-46-43-40-37-34-29-24-21-18-15-12-9-6-3/h9,12,15,18,21,24,29-30,32,34-35,38,52-54,58-59H,4-8,10-11,13-14,16-17,19-20,22-23,25-28,31,33,36-37,39-51H2,1-3H3,(H,57,60)/b12-9+,18-15+,24-21-,32-30+,34-29-,38-35+. The Bertz CT molecular complexity index is 1150. The highest BCUT2D eigenvalue weighted by molar-refractivity contribution is 5.77. The molecule has 0 aliphatic carbocycles. The van der Waals surface area contributed by atoms with Crippen LogP contribution < -0.4 is 5.32 Å². The maximum atomic E-state index is 13.2. The topological polar surface area (TPSA) is 95.9 Å². The molecule has 0 bridgehead atoms. The number of allylic oxidation sites excluding steroid dienone is 12. The third kappa shape index (κ3) is 43.9. The van der Waals surface area contributed by atoms with Gasteiger partial charge in [0, 0.05) is 6.42 Å². The SMILES string of the molecule is CC/C=C/C=C/C=C\C=C/CCCCCC(=O)OC(CCC/C=C/C=C/CCCCCCCCC)CC(=O)NC(CO)C(O)CCCCCCCCCCCCCCCCCC. The second kappa shape index (κ2) is 49.3. The summed E-state index contributed by atoms with van der Waals surface area (Å²) in [5, 5.41) is 23.8. The lowest BCUT2D eigenvalue weighted by atomic mass is 10.0. The molecule has 0 aromatic heterocycles. The summed E-state index contributed by atoms with van der Waals surface area (Å²) in [7, 11) is 0. The third-order valence-electron chi connectivity index (χ3n) is 11.6. The van der Waals surface area contributed by atoms with Crippen molar-refractivity contribution in [2.24, 2.45) is 0 Å². The third-order valence-corrected chi connectivity index (χ3v) is 11.6. The molecule has 0 heterocycles. The highest BCUT2D eigenvalue weighted by atomic mass is 16.5. The molecular weight excluding hydrogens is 767 g/mol. The minimum atomic E-state index is -0.809. The highest BCUT2D eigenvalue weighted by Gasteiger charge is 2.24. The van der Waals surface area contributed by atoms with Crippen LogP contribution in [-0.2, 0) is 14.3 Å². The summed E-state index contributed by atoms with van der Waals surface area (Å²) in [6, 6.07) is -0.727. The van der Waals surface area contributed by atoms with Gasteiger partial charge in [0.1, 0.15) is 6.10 Å². The van der Waals surface area contributed by atoms with E-state index in [4.69, 9.17) is 4.74 Å². The number of unbranched alkanes of at least 4 members (excludes halogenated alkanes) is 26. The van der Waals surface area contributed by atoms with Gasteiger partial charge in [-0.25, -0.2) is 0 Å². The van der Waals surface area contributed by atoms with E-state index < -0.39 is 18.2 Å². The highest BCUT2D eigenvalue weighted by Crippen LogP contribution is 2.17. The molecule has 0 rings (SSSR count). The molecule has 3 N–H and O–H groups in total. The molecule has 1 amide bonds. The number of carbonyl (C=O) groups excluding carboxylic acids is 2. The van der Waals surface area contributed by atoms with Crippen molar-refractivity contribution in [3.63, 3.8) is 0 Å². The monoisotopic (exact) mass is 866 g/mol. The van der Waals surface area contributed by atoms with Crippen LogP contribution in [0, 0.1) is 0 Å². The van der Waals surface area contributed by atoms with Gasteiger partial charge in [-0.2, -0.15) is 0 Å². The molecular formula is C56H99NO5. The molecule has 0 saturated heterocycles. The van der Waals surface area contributed by atoms with Crippen molar-refractivity contribution >= 4 is 11.9 Å². The van der Waals surface area contributed by atoms with Crippen molar-refractivity contribution in [2.75, 3.05) is 6.61 Å². The molecule has 0 radical (unpaired) electrons. The van der Waals surface area contributed by atoms with Crippen molar-refractivity contribution < 1.29 is 24.5 Å². The van der Waals surface area contributed by atoms with Crippen LogP contribution in [0.3, 0.4) is 0 Å². The van der Waals surface area contributed by atoms with E-state index >= 15 is 0 Å². The molecule has 62 heavy (non-hydrogen) atoms. The average Bonchev–Trinajstić information content (AvgIpc) is 3.26. The molecule has 0 fully saturated rings. The number of hydrogen-bond acceptors (Lipinski definition) is 5. The number of carbonyl (C=O) groups is 2. The number of esters is 1. The second-order valence-corrected chi connectivity index (χ2v) is 17.7. The van der Waals surface area contributed by atoms with Crippen LogP contribution in [0.5, 0.6) is 0 Å². The average molecular weight is 866 g/mol. The molecule has 358 valence electrons. The van der Waals surface area contributed by atoms with Gasteiger partial charge in [-0.15, -0.1) is 0 Å². The predicted molar refractivity (Wildman–Crippen MR) is 268 cm³/mol.